The van der Waals surface area contributed by atoms with Crippen LogP contribution in [0.25, 0.3) is 27.6 Å². The van der Waals surface area contributed by atoms with Gasteiger partial charge in [0.2, 0.25) is 0 Å². The summed E-state index contributed by atoms with van der Waals surface area (Å²) in [6, 6.07) is 20.3. The number of nitrogens with one attached hydrogen (secondary N) is 1. The molecule has 33 heavy (non-hydrogen) atoms. The summed E-state index contributed by atoms with van der Waals surface area (Å²) in [7, 11) is 3.08. The van der Waals surface area contributed by atoms with Crippen LogP contribution in [0.2, 0.25) is 0 Å². The summed E-state index contributed by atoms with van der Waals surface area (Å²) in [6.07, 6.45) is 0. The second kappa shape index (κ2) is 8.71. The van der Waals surface area contributed by atoms with Crippen molar-refractivity contribution in [1.29, 1.82) is 0 Å². The first-order valence-corrected chi connectivity index (χ1v) is 10.9. The normalized spacial score (nSPS) is 10.8. The third-order valence-electron chi connectivity index (χ3n) is 5.10. The molecule has 0 aliphatic rings. The molecule has 9 heteroatoms. The molecule has 0 unspecified atom stereocenters. The summed E-state index contributed by atoms with van der Waals surface area (Å²) < 4.78 is 12.3. The highest BCUT2D eigenvalue weighted by molar-refractivity contribution is 7.13. The summed E-state index contributed by atoms with van der Waals surface area (Å²) in [6.45, 7) is 0. The molecule has 0 aliphatic carbocycles. The minimum atomic E-state index is -0.271. The summed E-state index contributed by atoms with van der Waals surface area (Å²) in [5.41, 5.74) is 3.44. The number of hydrogen-bond acceptors (Lipinski definition) is 7. The monoisotopic (exact) mass is 457 g/mol. The van der Waals surface area contributed by atoms with Gasteiger partial charge in [-0.2, -0.15) is 9.61 Å². The van der Waals surface area contributed by atoms with Gasteiger partial charge in [0, 0.05) is 17.3 Å². The molecule has 0 saturated carbocycles. The highest BCUT2D eigenvalue weighted by Gasteiger charge is 2.14. The fourth-order valence-electron chi connectivity index (χ4n) is 3.41. The average molecular weight is 458 g/mol. The smallest absolute Gasteiger partial charge is 0.259 e. The van der Waals surface area contributed by atoms with E-state index in [2.05, 4.69) is 15.5 Å². The number of amides is 1. The summed E-state index contributed by atoms with van der Waals surface area (Å²) in [5, 5.41) is 18.1. The third kappa shape index (κ3) is 4.01. The standard InChI is InChI=1S/C24H19N5O3S/c1-31-17-9-10-18(20(14-17)32-2)24(30)25-16-7-5-15(6-8-16)19-11-12-22-26-27-23(29(22)28-19)21-4-3-13-33-21/h3-14H,1-2H3,(H,25,30). The predicted octanol–water partition coefficient (Wildman–Crippen LogP) is 4.79. The number of anilines is 1. The molecule has 3 aromatic heterocycles. The van der Waals surface area contributed by atoms with Crippen LogP contribution in [0, 0.1) is 0 Å². The minimum absolute atomic E-state index is 0.271. The van der Waals surface area contributed by atoms with Crippen LogP contribution in [0.15, 0.2) is 72.1 Å². The van der Waals surface area contributed by atoms with Gasteiger partial charge in [0.1, 0.15) is 11.5 Å². The molecule has 0 radical (unpaired) electrons. The van der Waals surface area contributed by atoms with Gasteiger partial charge in [-0.05, 0) is 47.8 Å². The van der Waals surface area contributed by atoms with E-state index in [0.717, 1.165) is 16.1 Å². The number of rotatable bonds is 6. The van der Waals surface area contributed by atoms with Gasteiger partial charge in [-0.3, -0.25) is 4.79 Å². The molecule has 1 N–H and O–H groups in total. The Hall–Kier alpha value is -4.24. The van der Waals surface area contributed by atoms with Crippen molar-refractivity contribution >= 4 is 28.6 Å². The fourth-order valence-corrected chi connectivity index (χ4v) is 4.10. The molecule has 164 valence electrons. The fraction of sp³-hybridized carbons (Fsp3) is 0.0833. The average Bonchev–Trinajstić information content (AvgIpc) is 3.53. The van der Waals surface area contributed by atoms with E-state index in [9.17, 15) is 4.79 Å². The zero-order valence-corrected chi connectivity index (χ0v) is 18.7. The first-order chi connectivity index (χ1) is 16.2. The lowest BCUT2D eigenvalue weighted by Gasteiger charge is -2.11. The summed E-state index contributed by atoms with van der Waals surface area (Å²) in [5.74, 6) is 1.50. The Balaban J connectivity index is 1.38. The Morgan fingerprint density at radius 1 is 0.970 bits per heavy atom. The largest absolute Gasteiger partial charge is 0.497 e. The van der Waals surface area contributed by atoms with Gasteiger partial charge in [-0.15, -0.1) is 21.5 Å². The topological polar surface area (TPSA) is 90.6 Å². The van der Waals surface area contributed by atoms with Crippen molar-refractivity contribution in [3.05, 3.63) is 77.7 Å². The first-order valence-electron chi connectivity index (χ1n) is 10.1. The molecule has 0 fully saturated rings. The number of methoxy groups -OCH3 is 2. The van der Waals surface area contributed by atoms with E-state index < -0.39 is 0 Å². The lowest BCUT2D eigenvalue weighted by atomic mass is 10.1. The second-order valence-electron chi connectivity index (χ2n) is 7.09. The molecule has 3 heterocycles. The van der Waals surface area contributed by atoms with E-state index in [0.29, 0.717) is 34.2 Å². The van der Waals surface area contributed by atoms with Crippen molar-refractivity contribution in [2.45, 2.75) is 0 Å². The summed E-state index contributed by atoms with van der Waals surface area (Å²) in [4.78, 5) is 13.8. The van der Waals surface area contributed by atoms with Gasteiger partial charge >= 0.3 is 0 Å². The van der Waals surface area contributed by atoms with Crippen LogP contribution in [-0.2, 0) is 0 Å². The molecule has 5 rings (SSSR count). The number of thiophene rings is 1. The SMILES string of the molecule is COc1ccc(C(=O)Nc2ccc(-c3ccc4nnc(-c5cccs5)n4n3)cc2)c(OC)c1. The number of nitrogens with zero attached hydrogens (tertiary/aromatic N) is 4. The molecule has 0 atom stereocenters. The molecule has 0 spiro atoms. The van der Waals surface area contributed by atoms with Crippen LogP contribution in [-0.4, -0.2) is 39.9 Å². The number of hydrogen-bond donors (Lipinski definition) is 1. The Morgan fingerprint density at radius 3 is 2.55 bits per heavy atom. The van der Waals surface area contributed by atoms with Gasteiger partial charge < -0.3 is 14.8 Å². The van der Waals surface area contributed by atoms with Gasteiger partial charge in [0.05, 0.1) is 30.4 Å². The first kappa shape index (κ1) is 20.7. The van der Waals surface area contributed by atoms with E-state index in [4.69, 9.17) is 14.6 Å². The Kier molecular flexibility index (Phi) is 5.45. The maximum atomic E-state index is 12.8. The van der Waals surface area contributed by atoms with Crippen molar-refractivity contribution in [3.8, 4) is 33.5 Å². The van der Waals surface area contributed by atoms with Crippen molar-refractivity contribution in [3.63, 3.8) is 0 Å². The molecule has 8 nitrogen and oxygen atoms in total. The number of carbonyl (C=O) groups excluding carboxylic acids is 1. The number of ether oxygens (including phenoxy) is 2. The molecular weight excluding hydrogens is 438 g/mol. The Labute approximate surface area is 193 Å². The number of carbonyl (C=O) groups is 1. The van der Waals surface area contributed by atoms with Crippen molar-refractivity contribution < 1.29 is 14.3 Å². The lowest BCUT2D eigenvalue weighted by molar-refractivity contribution is 0.102. The van der Waals surface area contributed by atoms with Crippen LogP contribution in [0.1, 0.15) is 10.4 Å². The highest BCUT2D eigenvalue weighted by Crippen LogP contribution is 2.27. The third-order valence-corrected chi connectivity index (χ3v) is 5.96. The van der Waals surface area contributed by atoms with Crippen LogP contribution in [0.3, 0.4) is 0 Å². The van der Waals surface area contributed by atoms with E-state index in [1.165, 1.54) is 7.11 Å². The molecule has 0 aliphatic heterocycles. The zero-order chi connectivity index (χ0) is 22.8. The Bertz CT molecular complexity index is 1430. The van der Waals surface area contributed by atoms with Crippen LogP contribution in [0.5, 0.6) is 11.5 Å². The number of benzene rings is 2. The van der Waals surface area contributed by atoms with Gasteiger partial charge in [-0.25, -0.2) is 0 Å². The van der Waals surface area contributed by atoms with Crippen molar-refractivity contribution in [1.82, 2.24) is 19.8 Å². The highest BCUT2D eigenvalue weighted by atomic mass is 32.1. The van der Waals surface area contributed by atoms with Crippen molar-refractivity contribution in [2.24, 2.45) is 0 Å². The summed E-state index contributed by atoms with van der Waals surface area (Å²) >= 11 is 1.59. The molecule has 0 saturated heterocycles. The van der Waals surface area contributed by atoms with E-state index >= 15 is 0 Å². The minimum Gasteiger partial charge on any atom is -0.497 e. The molecule has 5 aromatic rings. The number of aromatic nitrogens is 4. The van der Waals surface area contributed by atoms with Crippen LogP contribution < -0.4 is 14.8 Å². The predicted molar refractivity (Wildman–Crippen MR) is 127 cm³/mol. The van der Waals surface area contributed by atoms with Crippen LogP contribution >= 0.6 is 11.3 Å². The molecule has 0 bridgehead atoms. The van der Waals surface area contributed by atoms with Crippen molar-refractivity contribution in [2.75, 3.05) is 19.5 Å². The second-order valence-corrected chi connectivity index (χ2v) is 8.03. The maximum absolute atomic E-state index is 12.8. The molecular formula is C24H19N5O3S. The van der Waals surface area contributed by atoms with E-state index in [-0.39, 0.29) is 5.91 Å². The number of fused-ring (bicyclic) bond motifs is 1. The van der Waals surface area contributed by atoms with E-state index in [1.807, 2.05) is 53.9 Å². The molecule has 1 amide bonds. The Morgan fingerprint density at radius 2 is 1.82 bits per heavy atom. The van der Waals surface area contributed by atoms with Crippen LogP contribution in [0.4, 0.5) is 5.69 Å². The quantitative estimate of drug-likeness (QED) is 0.394. The van der Waals surface area contributed by atoms with Gasteiger partial charge in [0.25, 0.3) is 5.91 Å². The maximum Gasteiger partial charge on any atom is 0.259 e. The zero-order valence-electron chi connectivity index (χ0n) is 17.9. The lowest BCUT2D eigenvalue weighted by Crippen LogP contribution is -2.13. The van der Waals surface area contributed by atoms with Gasteiger partial charge in [-0.1, -0.05) is 18.2 Å². The van der Waals surface area contributed by atoms with Gasteiger partial charge in [0.15, 0.2) is 11.5 Å². The molecule has 2 aromatic carbocycles. The van der Waals surface area contributed by atoms with E-state index in [1.54, 1.807) is 41.2 Å².